The van der Waals surface area contributed by atoms with E-state index in [0.717, 1.165) is 18.5 Å². The van der Waals surface area contributed by atoms with Gasteiger partial charge in [0.15, 0.2) is 0 Å². The summed E-state index contributed by atoms with van der Waals surface area (Å²) in [4.78, 5) is 28.9. The number of aromatic nitrogens is 2. The maximum absolute atomic E-state index is 12.5. The standard InChI is InChI=1S/C22H23N5O2/c1-16-21(27-14-8-6-11-19(27)25-16)22(29)24-13-7-2-3-12-20(28)26-18-10-5-4-9-17(18)15-23/h4-6,8-11,14H,2-3,7,12-13H2,1H3,(H,24,29)(H,26,28). The van der Waals surface area contributed by atoms with Crippen LogP contribution in [-0.2, 0) is 4.79 Å². The molecule has 0 aliphatic rings. The Bertz CT molecular complexity index is 1060. The largest absolute Gasteiger partial charge is 0.351 e. The number of fused-ring (bicyclic) bond motifs is 1. The molecule has 0 unspecified atom stereocenters. The van der Waals surface area contributed by atoms with Gasteiger partial charge < -0.3 is 10.6 Å². The van der Waals surface area contributed by atoms with Gasteiger partial charge >= 0.3 is 0 Å². The van der Waals surface area contributed by atoms with E-state index in [-0.39, 0.29) is 11.8 Å². The third-order valence-electron chi connectivity index (χ3n) is 4.61. The Labute approximate surface area is 169 Å². The van der Waals surface area contributed by atoms with Crippen molar-refractivity contribution in [2.75, 3.05) is 11.9 Å². The number of carbonyl (C=O) groups excluding carboxylic acids is 2. The van der Waals surface area contributed by atoms with Crippen molar-refractivity contribution < 1.29 is 9.59 Å². The normalized spacial score (nSPS) is 10.5. The fraction of sp³-hybridized carbons (Fsp3) is 0.273. The van der Waals surface area contributed by atoms with Crippen LogP contribution in [0.2, 0.25) is 0 Å². The molecule has 2 N–H and O–H groups in total. The first-order valence-electron chi connectivity index (χ1n) is 9.61. The number of nitrogens with one attached hydrogen (secondary N) is 2. The van der Waals surface area contributed by atoms with Crippen molar-refractivity contribution in [3.05, 3.63) is 65.6 Å². The van der Waals surface area contributed by atoms with Gasteiger partial charge in [-0.25, -0.2) is 4.98 Å². The topological polar surface area (TPSA) is 99.3 Å². The lowest BCUT2D eigenvalue weighted by atomic mass is 10.1. The van der Waals surface area contributed by atoms with Gasteiger partial charge in [0.2, 0.25) is 5.91 Å². The summed E-state index contributed by atoms with van der Waals surface area (Å²) in [6.45, 7) is 2.36. The summed E-state index contributed by atoms with van der Waals surface area (Å²) in [5.41, 5.74) is 2.99. The number of benzene rings is 1. The molecule has 0 saturated heterocycles. The summed E-state index contributed by atoms with van der Waals surface area (Å²) in [6.07, 6.45) is 4.52. The van der Waals surface area contributed by atoms with Crippen LogP contribution in [0.5, 0.6) is 0 Å². The molecule has 7 nitrogen and oxygen atoms in total. The Balaban J connectivity index is 1.39. The molecular weight excluding hydrogens is 366 g/mol. The summed E-state index contributed by atoms with van der Waals surface area (Å²) in [6, 6.07) is 14.6. The molecule has 3 rings (SSSR count). The number of anilines is 1. The number of aryl methyl sites for hydroxylation is 1. The first kappa shape index (κ1) is 20.1. The van der Waals surface area contributed by atoms with Crippen molar-refractivity contribution in [3.63, 3.8) is 0 Å². The van der Waals surface area contributed by atoms with Crippen LogP contribution in [0, 0.1) is 18.3 Å². The molecule has 29 heavy (non-hydrogen) atoms. The fourth-order valence-corrected chi connectivity index (χ4v) is 3.16. The third kappa shape index (κ3) is 4.99. The van der Waals surface area contributed by atoms with Crippen LogP contribution in [0.3, 0.4) is 0 Å². The van der Waals surface area contributed by atoms with Crippen molar-refractivity contribution in [2.24, 2.45) is 0 Å². The first-order valence-corrected chi connectivity index (χ1v) is 9.61. The monoisotopic (exact) mass is 389 g/mol. The van der Waals surface area contributed by atoms with Gasteiger partial charge in [0, 0.05) is 19.2 Å². The Kier molecular flexibility index (Phi) is 6.59. The molecule has 0 spiro atoms. The minimum Gasteiger partial charge on any atom is -0.351 e. The molecule has 2 heterocycles. The second-order valence-electron chi connectivity index (χ2n) is 6.75. The molecule has 0 aliphatic carbocycles. The highest BCUT2D eigenvalue weighted by Crippen LogP contribution is 2.14. The molecule has 2 aromatic heterocycles. The third-order valence-corrected chi connectivity index (χ3v) is 4.61. The van der Waals surface area contributed by atoms with Gasteiger partial charge in [-0.05, 0) is 44.0 Å². The van der Waals surface area contributed by atoms with Gasteiger partial charge in [-0.15, -0.1) is 0 Å². The quantitative estimate of drug-likeness (QED) is 0.577. The summed E-state index contributed by atoms with van der Waals surface area (Å²) in [5, 5.41) is 14.7. The Hall–Kier alpha value is -3.66. The number of pyridine rings is 1. The predicted octanol–water partition coefficient (Wildman–Crippen LogP) is 3.44. The highest BCUT2D eigenvalue weighted by Gasteiger charge is 2.15. The van der Waals surface area contributed by atoms with E-state index in [1.54, 1.807) is 28.7 Å². The molecule has 0 radical (unpaired) electrons. The van der Waals surface area contributed by atoms with E-state index in [4.69, 9.17) is 5.26 Å². The summed E-state index contributed by atoms with van der Waals surface area (Å²) in [5.74, 6) is -0.259. The van der Waals surface area contributed by atoms with Gasteiger partial charge in [-0.1, -0.05) is 24.6 Å². The summed E-state index contributed by atoms with van der Waals surface area (Å²) >= 11 is 0. The highest BCUT2D eigenvalue weighted by atomic mass is 16.2. The van der Waals surface area contributed by atoms with E-state index in [2.05, 4.69) is 21.7 Å². The van der Waals surface area contributed by atoms with Crippen molar-refractivity contribution in [1.29, 1.82) is 5.26 Å². The average molecular weight is 389 g/mol. The van der Waals surface area contributed by atoms with Crippen molar-refractivity contribution >= 4 is 23.1 Å². The zero-order valence-electron chi connectivity index (χ0n) is 16.3. The highest BCUT2D eigenvalue weighted by molar-refractivity contribution is 5.94. The molecular formula is C22H23N5O2. The smallest absolute Gasteiger partial charge is 0.270 e. The van der Waals surface area contributed by atoms with E-state index >= 15 is 0 Å². The number of para-hydroxylation sites is 1. The number of imidazole rings is 1. The number of nitrogens with zero attached hydrogens (tertiary/aromatic N) is 3. The van der Waals surface area contributed by atoms with Crippen LogP contribution in [0.25, 0.3) is 5.65 Å². The molecule has 0 saturated carbocycles. The number of rotatable bonds is 8. The number of unbranched alkanes of at least 4 members (excludes halogenated alkanes) is 2. The number of carbonyl (C=O) groups is 2. The first-order chi connectivity index (χ1) is 14.1. The van der Waals surface area contributed by atoms with Gasteiger partial charge in [0.25, 0.3) is 5.91 Å². The fourth-order valence-electron chi connectivity index (χ4n) is 3.16. The minimum absolute atomic E-state index is 0.113. The predicted molar refractivity (Wildman–Crippen MR) is 111 cm³/mol. The molecule has 0 aliphatic heterocycles. The lowest BCUT2D eigenvalue weighted by Crippen LogP contribution is -2.26. The van der Waals surface area contributed by atoms with Crippen LogP contribution in [0.4, 0.5) is 5.69 Å². The van der Waals surface area contributed by atoms with Crippen molar-refractivity contribution in [2.45, 2.75) is 32.6 Å². The molecule has 0 bridgehead atoms. The van der Waals surface area contributed by atoms with Crippen molar-refractivity contribution in [1.82, 2.24) is 14.7 Å². The van der Waals surface area contributed by atoms with Crippen LogP contribution in [0.15, 0.2) is 48.7 Å². The van der Waals surface area contributed by atoms with E-state index in [1.165, 1.54) is 0 Å². The Morgan fingerprint density at radius 2 is 1.90 bits per heavy atom. The lowest BCUT2D eigenvalue weighted by Gasteiger charge is -2.07. The maximum atomic E-state index is 12.5. The average Bonchev–Trinajstić information content (AvgIpc) is 3.06. The zero-order chi connectivity index (χ0) is 20.6. The van der Waals surface area contributed by atoms with Gasteiger partial charge in [-0.2, -0.15) is 5.26 Å². The second kappa shape index (κ2) is 9.51. The number of hydrogen-bond donors (Lipinski definition) is 2. The number of hydrogen-bond acceptors (Lipinski definition) is 4. The Morgan fingerprint density at radius 1 is 1.10 bits per heavy atom. The minimum atomic E-state index is -0.146. The van der Waals surface area contributed by atoms with Gasteiger partial charge in [0.1, 0.15) is 17.4 Å². The van der Waals surface area contributed by atoms with E-state index in [0.29, 0.717) is 42.0 Å². The summed E-state index contributed by atoms with van der Waals surface area (Å²) < 4.78 is 1.79. The van der Waals surface area contributed by atoms with Crippen LogP contribution in [0.1, 0.15) is 47.4 Å². The number of amides is 2. The van der Waals surface area contributed by atoms with Gasteiger partial charge in [-0.3, -0.25) is 14.0 Å². The van der Waals surface area contributed by atoms with E-state index < -0.39 is 0 Å². The molecule has 1 aromatic carbocycles. The molecule has 7 heteroatoms. The molecule has 2 amide bonds. The van der Waals surface area contributed by atoms with Crippen molar-refractivity contribution in [3.8, 4) is 6.07 Å². The molecule has 0 fully saturated rings. The molecule has 3 aromatic rings. The van der Waals surface area contributed by atoms with Crippen LogP contribution >= 0.6 is 0 Å². The lowest BCUT2D eigenvalue weighted by molar-refractivity contribution is -0.116. The number of nitriles is 1. The zero-order valence-corrected chi connectivity index (χ0v) is 16.3. The maximum Gasteiger partial charge on any atom is 0.270 e. The van der Waals surface area contributed by atoms with E-state index in [9.17, 15) is 9.59 Å². The summed E-state index contributed by atoms with van der Waals surface area (Å²) in [7, 11) is 0. The van der Waals surface area contributed by atoms with Crippen LogP contribution in [-0.4, -0.2) is 27.7 Å². The Morgan fingerprint density at radius 3 is 2.72 bits per heavy atom. The van der Waals surface area contributed by atoms with E-state index in [1.807, 2.05) is 31.3 Å². The SMILES string of the molecule is Cc1nc2ccccn2c1C(=O)NCCCCCC(=O)Nc1ccccc1C#N. The van der Waals surface area contributed by atoms with Gasteiger partial charge in [0.05, 0.1) is 16.9 Å². The molecule has 148 valence electrons. The molecule has 0 atom stereocenters. The van der Waals surface area contributed by atoms with Crippen LogP contribution < -0.4 is 10.6 Å². The second-order valence-corrected chi connectivity index (χ2v) is 6.75.